The lowest BCUT2D eigenvalue weighted by Gasteiger charge is -2.21. The van der Waals surface area contributed by atoms with Crippen molar-refractivity contribution in [2.45, 2.75) is 19.9 Å². The molecule has 2 rings (SSSR count). The van der Waals surface area contributed by atoms with Crippen LogP contribution in [0.1, 0.15) is 18.1 Å². The molecule has 19 heavy (non-hydrogen) atoms. The maximum absolute atomic E-state index is 8.68. The predicted molar refractivity (Wildman–Crippen MR) is 77.5 cm³/mol. The normalized spacial score (nSPS) is 13.6. The van der Waals surface area contributed by atoms with E-state index in [4.69, 9.17) is 9.84 Å². The molecular formula is C15H24N2O2. The van der Waals surface area contributed by atoms with Crippen LogP contribution in [0.2, 0.25) is 0 Å². The van der Waals surface area contributed by atoms with E-state index in [-0.39, 0.29) is 6.61 Å². The van der Waals surface area contributed by atoms with Crippen LogP contribution in [-0.4, -0.2) is 49.5 Å². The average molecular weight is 264 g/mol. The molecule has 0 aromatic heterocycles. The SMILES string of the molecule is CCN(CCOCCO)Cc1cccc2c1NCC2. The lowest BCUT2D eigenvalue weighted by atomic mass is 10.1. The Hall–Kier alpha value is -1.10. The Labute approximate surface area is 115 Å². The molecule has 0 fully saturated rings. The molecule has 4 nitrogen and oxygen atoms in total. The van der Waals surface area contributed by atoms with Crippen molar-refractivity contribution in [3.8, 4) is 0 Å². The first kappa shape index (κ1) is 14.3. The molecular weight excluding hydrogens is 240 g/mol. The first-order chi connectivity index (χ1) is 9.35. The highest BCUT2D eigenvalue weighted by Gasteiger charge is 2.15. The number of aliphatic hydroxyl groups is 1. The smallest absolute Gasteiger partial charge is 0.0698 e. The Bertz CT molecular complexity index is 396. The molecule has 0 radical (unpaired) electrons. The van der Waals surface area contributed by atoms with E-state index in [1.54, 1.807) is 0 Å². The molecule has 1 aromatic carbocycles. The molecule has 106 valence electrons. The summed E-state index contributed by atoms with van der Waals surface area (Å²) in [5, 5.41) is 12.2. The van der Waals surface area contributed by atoms with Gasteiger partial charge in [0.25, 0.3) is 0 Å². The van der Waals surface area contributed by atoms with Crippen molar-refractivity contribution in [2.24, 2.45) is 0 Å². The Kier molecular flexibility index (Phi) is 5.63. The van der Waals surface area contributed by atoms with E-state index >= 15 is 0 Å². The Morgan fingerprint density at radius 2 is 2.26 bits per heavy atom. The van der Waals surface area contributed by atoms with Crippen LogP contribution < -0.4 is 5.32 Å². The minimum absolute atomic E-state index is 0.0994. The van der Waals surface area contributed by atoms with Gasteiger partial charge in [-0.25, -0.2) is 0 Å². The average Bonchev–Trinajstić information content (AvgIpc) is 2.91. The van der Waals surface area contributed by atoms with Crippen LogP contribution in [0.15, 0.2) is 18.2 Å². The molecule has 0 atom stereocenters. The van der Waals surface area contributed by atoms with Crippen LogP contribution in [-0.2, 0) is 17.7 Å². The zero-order chi connectivity index (χ0) is 13.5. The number of hydrogen-bond acceptors (Lipinski definition) is 4. The van der Waals surface area contributed by atoms with Crippen molar-refractivity contribution in [3.05, 3.63) is 29.3 Å². The second-order valence-corrected chi connectivity index (χ2v) is 4.83. The molecule has 1 heterocycles. The third kappa shape index (κ3) is 3.93. The van der Waals surface area contributed by atoms with Crippen LogP contribution in [0.3, 0.4) is 0 Å². The fraction of sp³-hybridized carbons (Fsp3) is 0.600. The van der Waals surface area contributed by atoms with Crippen LogP contribution in [0, 0.1) is 0 Å². The van der Waals surface area contributed by atoms with Gasteiger partial charge in [0, 0.05) is 25.3 Å². The second-order valence-electron chi connectivity index (χ2n) is 4.83. The fourth-order valence-corrected chi connectivity index (χ4v) is 2.49. The number of likely N-dealkylation sites (N-methyl/N-ethyl adjacent to an activating group) is 1. The molecule has 1 aromatic rings. The van der Waals surface area contributed by atoms with E-state index in [9.17, 15) is 0 Å². The Morgan fingerprint density at radius 3 is 3.05 bits per heavy atom. The maximum Gasteiger partial charge on any atom is 0.0698 e. The number of para-hydroxylation sites is 1. The molecule has 2 N–H and O–H groups in total. The minimum Gasteiger partial charge on any atom is -0.394 e. The van der Waals surface area contributed by atoms with Crippen LogP contribution >= 0.6 is 0 Å². The number of hydrogen-bond donors (Lipinski definition) is 2. The maximum atomic E-state index is 8.68. The van der Waals surface area contributed by atoms with Gasteiger partial charge in [-0.05, 0) is 24.1 Å². The highest BCUT2D eigenvalue weighted by Crippen LogP contribution is 2.27. The van der Waals surface area contributed by atoms with E-state index < -0.39 is 0 Å². The number of fused-ring (bicyclic) bond motifs is 1. The molecule has 0 saturated carbocycles. The molecule has 0 bridgehead atoms. The van der Waals surface area contributed by atoms with Crippen LogP contribution in [0.25, 0.3) is 0 Å². The fourth-order valence-electron chi connectivity index (χ4n) is 2.49. The van der Waals surface area contributed by atoms with Crippen molar-refractivity contribution in [1.82, 2.24) is 4.90 Å². The summed E-state index contributed by atoms with van der Waals surface area (Å²) in [5.41, 5.74) is 4.14. The van der Waals surface area contributed by atoms with Gasteiger partial charge in [0.2, 0.25) is 0 Å². The molecule has 1 aliphatic rings. The molecule has 0 amide bonds. The highest BCUT2D eigenvalue weighted by atomic mass is 16.5. The summed E-state index contributed by atoms with van der Waals surface area (Å²) in [4.78, 5) is 2.37. The summed E-state index contributed by atoms with van der Waals surface area (Å²) < 4.78 is 5.34. The molecule has 0 spiro atoms. The van der Waals surface area contributed by atoms with Gasteiger partial charge in [-0.2, -0.15) is 0 Å². The van der Waals surface area contributed by atoms with Crippen molar-refractivity contribution in [3.63, 3.8) is 0 Å². The third-order valence-electron chi connectivity index (χ3n) is 3.56. The van der Waals surface area contributed by atoms with E-state index in [0.717, 1.165) is 32.6 Å². The lowest BCUT2D eigenvalue weighted by Crippen LogP contribution is -2.27. The first-order valence-corrected chi connectivity index (χ1v) is 7.10. The van der Waals surface area contributed by atoms with Crippen molar-refractivity contribution in [1.29, 1.82) is 0 Å². The zero-order valence-electron chi connectivity index (χ0n) is 11.7. The number of nitrogens with zero attached hydrogens (tertiary/aromatic N) is 1. The van der Waals surface area contributed by atoms with Gasteiger partial charge in [0.15, 0.2) is 0 Å². The first-order valence-electron chi connectivity index (χ1n) is 7.10. The van der Waals surface area contributed by atoms with Crippen molar-refractivity contribution < 1.29 is 9.84 Å². The summed E-state index contributed by atoms with van der Waals surface area (Å²) in [6.45, 7) is 7.29. The van der Waals surface area contributed by atoms with Crippen molar-refractivity contribution in [2.75, 3.05) is 44.8 Å². The summed E-state index contributed by atoms with van der Waals surface area (Å²) in [5.74, 6) is 0. The Morgan fingerprint density at radius 1 is 1.37 bits per heavy atom. The number of aliphatic hydroxyl groups excluding tert-OH is 1. The molecule has 0 aliphatic carbocycles. The zero-order valence-corrected chi connectivity index (χ0v) is 11.7. The van der Waals surface area contributed by atoms with E-state index in [2.05, 4.69) is 35.3 Å². The second kappa shape index (κ2) is 7.48. The number of benzene rings is 1. The monoisotopic (exact) mass is 264 g/mol. The van der Waals surface area contributed by atoms with E-state index in [1.165, 1.54) is 16.8 Å². The molecule has 0 saturated heterocycles. The lowest BCUT2D eigenvalue weighted by molar-refractivity contribution is 0.0732. The summed E-state index contributed by atoms with van der Waals surface area (Å²) >= 11 is 0. The van der Waals surface area contributed by atoms with Gasteiger partial charge in [-0.1, -0.05) is 25.1 Å². The van der Waals surface area contributed by atoms with E-state index in [0.29, 0.717) is 13.2 Å². The Balaban J connectivity index is 1.89. The molecule has 4 heteroatoms. The number of anilines is 1. The van der Waals surface area contributed by atoms with Crippen LogP contribution in [0.5, 0.6) is 0 Å². The largest absolute Gasteiger partial charge is 0.394 e. The summed E-state index contributed by atoms with van der Waals surface area (Å²) in [6, 6.07) is 6.56. The standard InChI is InChI=1S/C15H24N2O2/c1-2-17(8-10-19-11-9-18)12-14-5-3-4-13-6-7-16-15(13)14/h3-5,16,18H,2,6-12H2,1H3. The van der Waals surface area contributed by atoms with Crippen LogP contribution in [0.4, 0.5) is 5.69 Å². The van der Waals surface area contributed by atoms with E-state index in [1.807, 2.05) is 0 Å². The topological polar surface area (TPSA) is 44.7 Å². The van der Waals surface area contributed by atoms with Gasteiger partial charge in [-0.3, -0.25) is 4.90 Å². The van der Waals surface area contributed by atoms with Gasteiger partial charge >= 0.3 is 0 Å². The van der Waals surface area contributed by atoms with Crippen molar-refractivity contribution >= 4 is 5.69 Å². The summed E-state index contributed by atoms with van der Waals surface area (Å²) in [6.07, 6.45) is 1.13. The number of ether oxygens (including phenoxy) is 1. The van der Waals surface area contributed by atoms with Gasteiger partial charge in [0.05, 0.1) is 19.8 Å². The van der Waals surface area contributed by atoms with Gasteiger partial charge < -0.3 is 15.2 Å². The van der Waals surface area contributed by atoms with Gasteiger partial charge in [-0.15, -0.1) is 0 Å². The molecule has 1 aliphatic heterocycles. The predicted octanol–water partition coefficient (Wildman–Crippen LogP) is 1.49. The summed E-state index contributed by atoms with van der Waals surface area (Å²) in [7, 11) is 0. The third-order valence-corrected chi connectivity index (χ3v) is 3.56. The highest BCUT2D eigenvalue weighted by molar-refractivity contribution is 5.61. The quantitative estimate of drug-likeness (QED) is 0.698. The van der Waals surface area contributed by atoms with Gasteiger partial charge in [0.1, 0.15) is 0 Å². The molecule has 0 unspecified atom stereocenters. The minimum atomic E-state index is 0.0994. The number of nitrogens with one attached hydrogen (secondary N) is 1. The number of rotatable bonds is 8.